The number of hydrogen-bond donors (Lipinski definition) is 2. The molecule has 124 valence electrons. The van der Waals surface area contributed by atoms with Crippen LogP contribution in [0.2, 0.25) is 0 Å². The minimum absolute atomic E-state index is 0.0686. The molecule has 1 saturated heterocycles. The maximum Gasteiger partial charge on any atom is 0.318 e. The number of carbonyl (C=O) groups excluding carboxylic acids is 1. The number of morpholine rings is 1. The molecule has 0 saturated carbocycles. The molecule has 2 N–H and O–H groups in total. The summed E-state index contributed by atoms with van der Waals surface area (Å²) in [6.45, 7) is 7.88. The largest absolute Gasteiger partial charge is 0.372 e. The van der Waals surface area contributed by atoms with Crippen LogP contribution in [0.3, 0.4) is 0 Å². The minimum atomic E-state index is -0.252. The van der Waals surface area contributed by atoms with E-state index in [2.05, 4.69) is 29.1 Å². The first-order valence-corrected chi connectivity index (χ1v) is 8.15. The van der Waals surface area contributed by atoms with Gasteiger partial charge in [-0.3, -0.25) is 0 Å². The molecule has 1 aliphatic heterocycles. The molecule has 2 aromatic rings. The summed E-state index contributed by atoms with van der Waals surface area (Å²) in [5.41, 5.74) is 1.64. The normalized spacial score (nSPS) is 23.0. The summed E-state index contributed by atoms with van der Waals surface area (Å²) >= 11 is 0. The molecule has 0 spiro atoms. The third-order valence-electron chi connectivity index (χ3n) is 4.53. The number of fused-ring (bicyclic) bond motifs is 1. The number of imidazole rings is 1. The lowest BCUT2D eigenvalue weighted by Gasteiger charge is -2.40. The predicted octanol–water partition coefficient (Wildman–Crippen LogP) is 2.83. The Morgan fingerprint density at radius 3 is 3.04 bits per heavy atom. The second-order valence-corrected chi connectivity index (χ2v) is 6.38. The number of benzene rings is 1. The van der Waals surface area contributed by atoms with Gasteiger partial charge < -0.3 is 19.9 Å². The van der Waals surface area contributed by atoms with Gasteiger partial charge in [0.25, 0.3) is 0 Å². The first-order valence-electron chi connectivity index (χ1n) is 8.15. The fourth-order valence-electron chi connectivity index (χ4n) is 2.84. The number of amides is 2. The molecule has 0 bridgehead atoms. The second kappa shape index (κ2) is 6.20. The summed E-state index contributed by atoms with van der Waals surface area (Å²) < 4.78 is 5.78. The number of H-pyrrole nitrogens is 1. The van der Waals surface area contributed by atoms with Crippen LogP contribution in [0.1, 0.15) is 39.1 Å². The van der Waals surface area contributed by atoms with Crippen LogP contribution in [-0.2, 0) is 4.74 Å². The molecule has 0 radical (unpaired) electrons. The van der Waals surface area contributed by atoms with Gasteiger partial charge in [0.05, 0.1) is 35.8 Å². The molecule has 0 aliphatic carbocycles. The maximum absolute atomic E-state index is 12.5. The molecule has 2 unspecified atom stereocenters. The molecule has 1 aromatic heterocycles. The molecule has 6 heteroatoms. The van der Waals surface area contributed by atoms with Crippen molar-refractivity contribution >= 4 is 17.1 Å². The van der Waals surface area contributed by atoms with Gasteiger partial charge in [0, 0.05) is 6.54 Å². The van der Waals surface area contributed by atoms with Gasteiger partial charge in [-0.15, -0.1) is 0 Å². The number of para-hydroxylation sites is 2. The Morgan fingerprint density at radius 1 is 1.52 bits per heavy atom. The van der Waals surface area contributed by atoms with Crippen molar-refractivity contribution in [3.8, 4) is 0 Å². The number of aromatic nitrogens is 2. The lowest BCUT2D eigenvalue weighted by Crippen LogP contribution is -2.54. The fraction of sp³-hybridized carbons (Fsp3) is 0.529. The van der Waals surface area contributed by atoms with Crippen molar-refractivity contribution in [2.24, 2.45) is 0 Å². The van der Waals surface area contributed by atoms with Crippen LogP contribution in [0.15, 0.2) is 24.3 Å². The van der Waals surface area contributed by atoms with Crippen LogP contribution in [0.5, 0.6) is 0 Å². The monoisotopic (exact) mass is 316 g/mol. The van der Waals surface area contributed by atoms with Crippen molar-refractivity contribution in [3.63, 3.8) is 0 Å². The smallest absolute Gasteiger partial charge is 0.318 e. The first kappa shape index (κ1) is 15.8. The van der Waals surface area contributed by atoms with Crippen LogP contribution < -0.4 is 5.32 Å². The Labute approximate surface area is 136 Å². The SMILES string of the molecule is CCC1(C)CN(C(=O)NC(C)c2nc3ccccc3[nH]2)CCO1. The van der Waals surface area contributed by atoms with Crippen molar-refractivity contribution in [1.82, 2.24) is 20.2 Å². The Bertz CT molecular complexity index is 666. The van der Waals surface area contributed by atoms with E-state index in [9.17, 15) is 4.79 Å². The van der Waals surface area contributed by atoms with Gasteiger partial charge in [-0.2, -0.15) is 0 Å². The highest BCUT2D eigenvalue weighted by atomic mass is 16.5. The van der Waals surface area contributed by atoms with Gasteiger partial charge in [0.1, 0.15) is 5.82 Å². The molecule has 2 atom stereocenters. The van der Waals surface area contributed by atoms with Crippen LogP contribution in [-0.4, -0.2) is 46.2 Å². The molecule has 1 fully saturated rings. The van der Waals surface area contributed by atoms with Gasteiger partial charge in [-0.05, 0) is 32.4 Å². The lowest BCUT2D eigenvalue weighted by molar-refractivity contribution is -0.0874. The average Bonchev–Trinajstić information content (AvgIpc) is 2.99. The number of nitrogens with one attached hydrogen (secondary N) is 2. The molecule has 6 nitrogen and oxygen atoms in total. The summed E-state index contributed by atoms with van der Waals surface area (Å²) in [4.78, 5) is 22.1. The molecular formula is C17H24N4O2. The van der Waals surface area contributed by atoms with Crippen molar-refractivity contribution in [3.05, 3.63) is 30.1 Å². The van der Waals surface area contributed by atoms with E-state index < -0.39 is 0 Å². The van der Waals surface area contributed by atoms with Crippen LogP contribution in [0.25, 0.3) is 11.0 Å². The maximum atomic E-state index is 12.5. The Hall–Kier alpha value is -2.08. The van der Waals surface area contributed by atoms with E-state index in [1.165, 1.54) is 0 Å². The molecule has 1 aliphatic rings. The highest BCUT2D eigenvalue weighted by Gasteiger charge is 2.33. The highest BCUT2D eigenvalue weighted by Crippen LogP contribution is 2.22. The highest BCUT2D eigenvalue weighted by molar-refractivity contribution is 5.76. The summed E-state index contributed by atoms with van der Waals surface area (Å²) in [6, 6.07) is 7.61. The van der Waals surface area contributed by atoms with E-state index in [0.717, 1.165) is 23.3 Å². The van der Waals surface area contributed by atoms with Crippen molar-refractivity contribution < 1.29 is 9.53 Å². The molecular weight excluding hydrogens is 292 g/mol. The fourth-order valence-corrected chi connectivity index (χ4v) is 2.84. The number of rotatable bonds is 3. The van der Waals surface area contributed by atoms with Crippen LogP contribution >= 0.6 is 0 Å². The van der Waals surface area contributed by atoms with E-state index in [1.807, 2.05) is 36.1 Å². The van der Waals surface area contributed by atoms with Gasteiger partial charge in [-0.1, -0.05) is 19.1 Å². The van der Waals surface area contributed by atoms with Crippen molar-refractivity contribution in [2.75, 3.05) is 19.7 Å². The third kappa shape index (κ3) is 3.32. The molecule has 2 amide bonds. The Morgan fingerprint density at radius 2 is 2.30 bits per heavy atom. The summed E-state index contributed by atoms with van der Waals surface area (Å²) in [5.74, 6) is 0.770. The zero-order chi connectivity index (χ0) is 16.4. The topological polar surface area (TPSA) is 70.2 Å². The zero-order valence-corrected chi connectivity index (χ0v) is 13.9. The van der Waals surface area contributed by atoms with Crippen molar-refractivity contribution in [2.45, 2.75) is 38.8 Å². The van der Waals surface area contributed by atoms with E-state index >= 15 is 0 Å². The van der Waals surface area contributed by atoms with Gasteiger partial charge in [0.2, 0.25) is 0 Å². The summed E-state index contributed by atoms with van der Waals surface area (Å²) in [5, 5.41) is 3.03. The number of carbonyl (C=O) groups is 1. The van der Waals surface area contributed by atoms with E-state index in [0.29, 0.717) is 19.7 Å². The molecule has 3 rings (SSSR count). The minimum Gasteiger partial charge on any atom is -0.372 e. The number of ether oxygens (including phenoxy) is 1. The van der Waals surface area contributed by atoms with E-state index in [4.69, 9.17) is 4.74 Å². The first-order chi connectivity index (χ1) is 11.0. The zero-order valence-electron chi connectivity index (χ0n) is 13.9. The molecule has 2 heterocycles. The van der Waals surface area contributed by atoms with E-state index in [1.54, 1.807) is 0 Å². The summed E-state index contributed by atoms with van der Waals surface area (Å²) in [6.07, 6.45) is 0.885. The van der Waals surface area contributed by atoms with Gasteiger partial charge in [-0.25, -0.2) is 9.78 Å². The Balaban J connectivity index is 1.67. The third-order valence-corrected chi connectivity index (χ3v) is 4.53. The van der Waals surface area contributed by atoms with Gasteiger partial charge >= 0.3 is 6.03 Å². The summed E-state index contributed by atoms with van der Waals surface area (Å²) in [7, 11) is 0. The second-order valence-electron chi connectivity index (χ2n) is 6.38. The number of nitrogens with zero attached hydrogens (tertiary/aromatic N) is 2. The number of aromatic amines is 1. The molecule has 1 aromatic carbocycles. The quantitative estimate of drug-likeness (QED) is 0.915. The van der Waals surface area contributed by atoms with Crippen LogP contribution in [0.4, 0.5) is 4.79 Å². The van der Waals surface area contributed by atoms with Crippen LogP contribution in [0, 0.1) is 0 Å². The number of hydrogen-bond acceptors (Lipinski definition) is 3. The number of urea groups is 1. The standard InChI is InChI=1S/C17H24N4O2/c1-4-17(3)11-21(9-10-23-17)16(22)18-12(2)15-19-13-7-5-6-8-14(13)20-15/h5-8,12H,4,9-11H2,1-3H3,(H,18,22)(H,19,20). The van der Waals surface area contributed by atoms with Crippen molar-refractivity contribution in [1.29, 1.82) is 0 Å². The lowest BCUT2D eigenvalue weighted by atomic mass is 10.0. The molecule has 23 heavy (non-hydrogen) atoms. The van der Waals surface area contributed by atoms with Gasteiger partial charge in [0.15, 0.2) is 0 Å². The predicted molar refractivity (Wildman–Crippen MR) is 89.3 cm³/mol. The Kier molecular flexibility index (Phi) is 4.26. The average molecular weight is 316 g/mol. The van der Waals surface area contributed by atoms with E-state index in [-0.39, 0.29) is 17.7 Å².